The molecule has 54 heavy (non-hydrogen) atoms. The molecule has 0 saturated heterocycles. The average molecular weight is 696 g/mol. The zero-order chi connectivity index (χ0) is 35.8. The molecule has 0 aliphatic heterocycles. The van der Waals surface area contributed by atoms with Crippen molar-refractivity contribution in [3.8, 4) is 68.3 Å². The Kier molecular flexibility index (Phi) is 7.58. The van der Waals surface area contributed by atoms with Crippen LogP contribution < -0.4 is 0 Å². The minimum atomic E-state index is 0.533. The third-order valence-electron chi connectivity index (χ3n) is 9.34. The van der Waals surface area contributed by atoms with Gasteiger partial charge in [-0.2, -0.15) is 0 Å². The molecule has 0 amide bonds. The smallest absolute Gasteiger partial charge is 0.164 e. The third kappa shape index (κ3) is 5.57. The Morgan fingerprint density at radius 1 is 0.333 bits per heavy atom. The molecule has 0 atom stereocenters. The lowest BCUT2D eigenvalue weighted by Gasteiger charge is -2.17. The minimum Gasteiger partial charge on any atom is -0.292 e. The lowest BCUT2D eigenvalue weighted by atomic mass is 10.1. The van der Waals surface area contributed by atoms with Gasteiger partial charge in [-0.05, 0) is 66.7 Å². The highest BCUT2D eigenvalue weighted by atomic mass is 15.1. The second kappa shape index (κ2) is 13.2. The third-order valence-corrected chi connectivity index (χ3v) is 9.34. The van der Waals surface area contributed by atoms with Crippen molar-refractivity contribution in [2.24, 2.45) is 0 Å². The van der Waals surface area contributed by atoms with Crippen LogP contribution in [0.1, 0.15) is 0 Å². The summed E-state index contributed by atoms with van der Waals surface area (Å²) in [5.74, 6) is 3.23. The summed E-state index contributed by atoms with van der Waals surface area (Å²) in [4.78, 5) is 34.4. The molecule has 0 aliphatic carbocycles. The average Bonchev–Trinajstić information content (AvgIpc) is 3.84. The lowest BCUT2D eigenvalue weighted by molar-refractivity contribution is 1.05. The predicted octanol–water partition coefficient (Wildman–Crippen LogP) is 9.67. The summed E-state index contributed by atoms with van der Waals surface area (Å²) in [6.45, 7) is 0. The normalized spacial score (nSPS) is 11.3. The lowest BCUT2D eigenvalue weighted by Crippen LogP contribution is -2.05. The summed E-state index contributed by atoms with van der Waals surface area (Å²) in [7, 11) is 0. The SMILES string of the molecule is c1ccc(-c2nc(-c3ccccc3)nc(-c3cc(-n4c(-c5cccnc5)nc5ccccc54)cc(-n4c(-c5cccnc5)nc5ccccc54)c3)n2)cc1. The van der Waals surface area contributed by atoms with E-state index in [4.69, 9.17) is 24.9 Å². The number of fused-ring (bicyclic) bond motifs is 2. The molecule has 9 nitrogen and oxygen atoms in total. The molecule has 254 valence electrons. The Morgan fingerprint density at radius 3 is 1.19 bits per heavy atom. The molecular formula is C45H29N9. The second-order valence-electron chi connectivity index (χ2n) is 12.8. The molecule has 9 heteroatoms. The van der Waals surface area contributed by atoms with E-state index in [0.717, 1.165) is 72.9 Å². The molecule has 10 aromatic rings. The van der Waals surface area contributed by atoms with Crippen LogP contribution in [0.5, 0.6) is 0 Å². The zero-order valence-corrected chi connectivity index (χ0v) is 28.8. The van der Waals surface area contributed by atoms with Gasteiger partial charge < -0.3 is 0 Å². The molecule has 5 aromatic carbocycles. The van der Waals surface area contributed by atoms with E-state index < -0.39 is 0 Å². The van der Waals surface area contributed by atoms with Crippen LogP contribution in [0, 0.1) is 0 Å². The highest BCUT2D eigenvalue weighted by Crippen LogP contribution is 2.36. The van der Waals surface area contributed by atoms with Crippen LogP contribution in [0.15, 0.2) is 176 Å². The maximum Gasteiger partial charge on any atom is 0.164 e. The zero-order valence-electron chi connectivity index (χ0n) is 28.8. The van der Waals surface area contributed by atoms with Gasteiger partial charge in [-0.25, -0.2) is 24.9 Å². The summed E-state index contributed by atoms with van der Waals surface area (Å²) in [5.41, 5.74) is 9.74. The first-order chi connectivity index (χ1) is 26.8. The number of rotatable bonds is 7. The van der Waals surface area contributed by atoms with Crippen LogP contribution in [0.3, 0.4) is 0 Å². The van der Waals surface area contributed by atoms with E-state index in [1.54, 1.807) is 12.4 Å². The highest BCUT2D eigenvalue weighted by Gasteiger charge is 2.21. The summed E-state index contributed by atoms with van der Waals surface area (Å²) in [6.07, 6.45) is 7.23. The standard InChI is InChI=1S/C45H29N9/c1-3-13-30(14-4-1)41-50-42(31-15-5-2-6-16-31)52-43(51-41)34-25-35(53-39-21-9-7-19-37(39)48-44(53)32-17-11-23-46-28-32)27-36(26-34)54-40-22-10-8-20-38(40)49-45(54)33-18-12-24-47-29-33/h1-29H. The number of benzene rings is 5. The summed E-state index contributed by atoms with van der Waals surface area (Å²) in [6, 6.07) is 50.7. The highest BCUT2D eigenvalue weighted by molar-refractivity contribution is 5.86. The van der Waals surface area contributed by atoms with E-state index in [0.29, 0.717) is 17.5 Å². The number of hydrogen-bond donors (Lipinski definition) is 0. The number of hydrogen-bond acceptors (Lipinski definition) is 7. The molecule has 5 heterocycles. The Morgan fingerprint density at radius 2 is 0.741 bits per heavy atom. The fraction of sp³-hybridized carbons (Fsp3) is 0. The van der Waals surface area contributed by atoms with Crippen LogP contribution in [0.4, 0.5) is 0 Å². The van der Waals surface area contributed by atoms with Gasteiger partial charge in [0, 0.05) is 52.6 Å². The molecule has 10 rings (SSSR count). The van der Waals surface area contributed by atoms with Crippen molar-refractivity contribution in [2.75, 3.05) is 0 Å². The number of pyridine rings is 2. The minimum absolute atomic E-state index is 0.533. The maximum atomic E-state index is 5.14. The molecule has 0 fully saturated rings. The van der Waals surface area contributed by atoms with Gasteiger partial charge >= 0.3 is 0 Å². The van der Waals surface area contributed by atoms with Gasteiger partial charge in [0.25, 0.3) is 0 Å². The fourth-order valence-electron chi connectivity index (χ4n) is 6.87. The van der Waals surface area contributed by atoms with Crippen molar-refractivity contribution in [3.63, 3.8) is 0 Å². The van der Waals surface area contributed by atoms with Gasteiger partial charge in [0.05, 0.1) is 33.4 Å². The molecule has 0 spiro atoms. The molecule has 5 aromatic heterocycles. The van der Waals surface area contributed by atoms with Crippen LogP contribution in [0.2, 0.25) is 0 Å². The van der Waals surface area contributed by atoms with E-state index in [9.17, 15) is 0 Å². The quantitative estimate of drug-likeness (QED) is 0.164. The second-order valence-corrected chi connectivity index (χ2v) is 12.8. The van der Waals surface area contributed by atoms with E-state index >= 15 is 0 Å². The van der Waals surface area contributed by atoms with Gasteiger partial charge in [-0.15, -0.1) is 0 Å². The summed E-state index contributed by atoms with van der Waals surface area (Å²) in [5, 5.41) is 0. The van der Waals surface area contributed by atoms with E-state index in [1.807, 2.05) is 134 Å². The molecule has 0 radical (unpaired) electrons. The topological polar surface area (TPSA) is 100 Å². The van der Waals surface area contributed by atoms with Crippen molar-refractivity contribution < 1.29 is 0 Å². The van der Waals surface area contributed by atoms with Gasteiger partial charge in [0.1, 0.15) is 11.6 Å². The first-order valence-corrected chi connectivity index (χ1v) is 17.6. The van der Waals surface area contributed by atoms with Gasteiger partial charge in [0.15, 0.2) is 17.5 Å². The summed E-state index contributed by atoms with van der Waals surface area (Å²) < 4.78 is 4.36. The van der Waals surface area contributed by atoms with Crippen molar-refractivity contribution in [3.05, 3.63) is 176 Å². The van der Waals surface area contributed by atoms with Crippen LogP contribution in [-0.2, 0) is 0 Å². The van der Waals surface area contributed by atoms with Gasteiger partial charge in [-0.3, -0.25) is 19.1 Å². The predicted molar refractivity (Wildman–Crippen MR) is 212 cm³/mol. The van der Waals surface area contributed by atoms with E-state index in [1.165, 1.54) is 0 Å². The monoisotopic (exact) mass is 695 g/mol. The fourth-order valence-corrected chi connectivity index (χ4v) is 6.87. The van der Waals surface area contributed by atoms with Crippen molar-refractivity contribution in [1.82, 2.24) is 44.0 Å². The van der Waals surface area contributed by atoms with E-state index in [2.05, 4.69) is 49.4 Å². The molecular weight excluding hydrogens is 667 g/mol. The first kappa shape index (κ1) is 31.1. The largest absolute Gasteiger partial charge is 0.292 e. The molecule has 0 N–H and O–H groups in total. The molecule has 0 bridgehead atoms. The Bertz CT molecular complexity index is 2730. The Hall–Kier alpha value is -7.65. The van der Waals surface area contributed by atoms with Crippen molar-refractivity contribution in [1.29, 1.82) is 0 Å². The maximum absolute atomic E-state index is 5.14. The van der Waals surface area contributed by atoms with Crippen molar-refractivity contribution in [2.45, 2.75) is 0 Å². The number of aromatic nitrogens is 9. The van der Waals surface area contributed by atoms with Gasteiger partial charge in [-0.1, -0.05) is 84.9 Å². The Labute approximate surface area is 310 Å². The molecule has 0 unspecified atom stereocenters. The Balaban J connectivity index is 1.30. The summed E-state index contributed by atoms with van der Waals surface area (Å²) >= 11 is 0. The number of para-hydroxylation sites is 4. The van der Waals surface area contributed by atoms with Crippen LogP contribution >= 0.6 is 0 Å². The van der Waals surface area contributed by atoms with Crippen LogP contribution in [0.25, 0.3) is 90.4 Å². The van der Waals surface area contributed by atoms with Gasteiger partial charge in [0.2, 0.25) is 0 Å². The number of imidazole rings is 2. The number of nitrogens with zero attached hydrogens (tertiary/aromatic N) is 9. The van der Waals surface area contributed by atoms with E-state index in [-0.39, 0.29) is 0 Å². The van der Waals surface area contributed by atoms with Crippen LogP contribution in [-0.4, -0.2) is 44.0 Å². The molecule has 0 saturated carbocycles. The first-order valence-electron chi connectivity index (χ1n) is 17.6. The van der Waals surface area contributed by atoms with Crippen molar-refractivity contribution >= 4 is 22.1 Å². The molecule has 0 aliphatic rings.